The van der Waals surface area contributed by atoms with Crippen molar-refractivity contribution in [3.63, 3.8) is 0 Å². The third-order valence-electron chi connectivity index (χ3n) is 2.18. The first-order valence-electron chi connectivity index (χ1n) is 4.62. The van der Waals surface area contributed by atoms with Crippen molar-refractivity contribution in [2.24, 2.45) is 0 Å². The van der Waals surface area contributed by atoms with Crippen LogP contribution in [-0.2, 0) is 9.59 Å². The molecule has 1 saturated heterocycles. The van der Waals surface area contributed by atoms with Crippen LogP contribution in [0.5, 0.6) is 0 Å². The number of carbonyl (C=O) groups excluding carboxylic acids is 1. The number of carboxylic acid groups (broad SMARTS) is 1. The quantitative estimate of drug-likeness (QED) is 0.697. The Bertz CT molecular complexity index is 257. The number of nitrogens with zero attached hydrogens (tertiary/aromatic N) is 2. The second-order valence-electron chi connectivity index (χ2n) is 4.39. The highest BCUT2D eigenvalue weighted by Gasteiger charge is 2.36. The van der Waals surface area contributed by atoms with Crippen LogP contribution in [-0.4, -0.2) is 45.6 Å². The van der Waals surface area contributed by atoms with Crippen LogP contribution in [0.1, 0.15) is 27.2 Å². The van der Waals surface area contributed by atoms with E-state index in [0.29, 0.717) is 13.0 Å². The molecular weight excluding hydrogens is 184 g/mol. The van der Waals surface area contributed by atoms with Crippen LogP contribution in [0, 0.1) is 0 Å². The standard InChI is InChI=1S/C9H16N2O3/c1-9(2,3)11-5-4-7(12)10(11)6-8(13)14/h4-6H2,1-3H3,(H,13,14). The van der Waals surface area contributed by atoms with Crippen LogP contribution in [0.25, 0.3) is 0 Å². The minimum Gasteiger partial charge on any atom is -0.480 e. The van der Waals surface area contributed by atoms with Crippen molar-refractivity contribution in [2.45, 2.75) is 32.7 Å². The van der Waals surface area contributed by atoms with E-state index < -0.39 is 5.97 Å². The Balaban J connectivity index is 2.77. The molecule has 0 saturated carbocycles. The average Bonchev–Trinajstić information content (AvgIpc) is 2.30. The number of amides is 1. The van der Waals surface area contributed by atoms with Gasteiger partial charge in [-0.25, -0.2) is 5.01 Å². The van der Waals surface area contributed by atoms with E-state index in [1.54, 1.807) is 0 Å². The summed E-state index contributed by atoms with van der Waals surface area (Å²) in [6.45, 7) is 6.24. The van der Waals surface area contributed by atoms with E-state index in [1.165, 1.54) is 5.01 Å². The minimum absolute atomic E-state index is 0.109. The van der Waals surface area contributed by atoms with Crippen LogP contribution in [0.2, 0.25) is 0 Å². The summed E-state index contributed by atoms with van der Waals surface area (Å²) in [7, 11) is 0. The van der Waals surface area contributed by atoms with Crippen molar-refractivity contribution in [1.82, 2.24) is 10.0 Å². The summed E-state index contributed by atoms with van der Waals surface area (Å²) < 4.78 is 0. The topological polar surface area (TPSA) is 60.9 Å². The summed E-state index contributed by atoms with van der Waals surface area (Å²) in [5.41, 5.74) is -0.207. The zero-order chi connectivity index (χ0) is 10.9. The second-order valence-corrected chi connectivity index (χ2v) is 4.39. The van der Waals surface area contributed by atoms with Gasteiger partial charge in [-0.3, -0.25) is 14.6 Å². The fourth-order valence-electron chi connectivity index (χ4n) is 1.59. The summed E-state index contributed by atoms with van der Waals surface area (Å²) in [5, 5.41) is 11.8. The maximum absolute atomic E-state index is 11.4. The summed E-state index contributed by atoms with van der Waals surface area (Å²) in [6.07, 6.45) is 0.407. The Morgan fingerprint density at radius 2 is 2.07 bits per heavy atom. The van der Waals surface area contributed by atoms with E-state index in [1.807, 2.05) is 25.8 Å². The van der Waals surface area contributed by atoms with E-state index in [2.05, 4.69) is 0 Å². The highest BCUT2D eigenvalue weighted by atomic mass is 16.4. The maximum atomic E-state index is 11.4. The van der Waals surface area contributed by atoms with Gasteiger partial charge in [0.1, 0.15) is 6.54 Å². The molecule has 0 atom stereocenters. The molecule has 0 aromatic carbocycles. The fourth-order valence-corrected chi connectivity index (χ4v) is 1.59. The number of aliphatic carboxylic acids is 1. The van der Waals surface area contributed by atoms with Crippen molar-refractivity contribution in [1.29, 1.82) is 0 Å². The van der Waals surface area contributed by atoms with Gasteiger partial charge in [0, 0.05) is 18.5 Å². The molecule has 5 nitrogen and oxygen atoms in total. The Labute approximate surface area is 83.3 Å². The Kier molecular flexibility index (Phi) is 2.80. The molecule has 80 valence electrons. The highest BCUT2D eigenvalue weighted by Crippen LogP contribution is 2.22. The molecule has 5 heteroatoms. The van der Waals surface area contributed by atoms with Gasteiger partial charge in [0.25, 0.3) is 0 Å². The molecule has 1 fully saturated rings. The number of rotatable bonds is 2. The van der Waals surface area contributed by atoms with E-state index in [-0.39, 0.29) is 18.0 Å². The van der Waals surface area contributed by atoms with Crippen molar-refractivity contribution >= 4 is 11.9 Å². The summed E-state index contributed by atoms with van der Waals surface area (Å²) in [4.78, 5) is 21.9. The summed E-state index contributed by atoms with van der Waals surface area (Å²) >= 11 is 0. The highest BCUT2D eigenvalue weighted by molar-refractivity contribution is 5.82. The molecule has 0 radical (unpaired) electrons. The van der Waals surface area contributed by atoms with E-state index in [4.69, 9.17) is 5.11 Å². The van der Waals surface area contributed by atoms with Crippen LogP contribution in [0.15, 0.2) is 0 Å². The van der Waals surface area contributed by atoms with Gasteiger partial charge < -0.3 is 5.11 Å². The normalized spacial score (nSPS) is 19.1. The smallest absolute Gasteiger partial charge is 0.324 e. The van der Waals surface area contributed by atoms with Gasteiger partial charge >= 0.3 is 5.97 Å². The summed E-state index contributed by atoms with van der Waals surface area (Å²) in [6, 6.07) is 0. The molecule has 1 heterocycles. The monoisotopic (exact) mass is 200 g/mol. The van der Waals surface area contributed by atoms with Gasteiger partial charge in [0.2, 0.25) is 5.91 Å². The molecule has 14 heavy (non-hydrogen) atoms. The van der Waals surface area contributed by atoms with E-state index in [0.717, 1.165) is 0 Å². The Hall–Kier alpha value is -1.10. The number of hydrazine groups is 1. The lowest BCUT2D eigenvalue weighted by Crippen LogP contribution is -2.51. The van der Waals surface area contributed by atoms with Gasteiger partial charge in [-0.05, 0) is 20.8 Å². The SMILES string of the molecule is CC(C)(C)N1CCC(=O)N1CC(=O)O. The van der Waals surface area contributed by atoms with Crippen LogP contribution >= 0.6 is 0 Å². The molecule has 1 rings (SSSR count). The predicted octanol–water partition coefficient (Wildman–Crippen LogP) is 0.319. The number of hydrogen-bond donors (Lipinski definition) is 1. The largest absolute Gasteiger partial charge is 0.480 e. The average molecular weight is 200 g/mol. The molecule has 0 spiro atoms. The molecule has 0 bridgehead atoms. The molecule has 1 N–H and O–H groups in total. The minimum atomic E-state index is -0.977. The van der Waals surface area contributed by atoms with Gasteiger partial charge in [-0.1, -0.05) is 0 Å². The predicted molar refractivity (Wildman–Crippen MR) is 50.4 cm³/mol. The van der Waals surface area contributed by atoms with E-state index in [9.17, 15) is 9.59 Å². The molecule has 1 aliphatic rings. The molecule has 1 amide bonds. The fraction of sp³-hybridized carbons (Fsp3) is 0.778. The zero-order valence-electron chi connectivity index (χ0n) is 8.78. The first-order valence-corrected chi connectivity index (χ1v) is 4.62. The van der Waals surface area contributed by atoms with Gasteiger partial charge in [-0.15, -0.1) is 0 Å². The Morgan fingerprint density at radius 1 is 1.50 bits per heavy atom. The lowest BCUT2D eigenvalue weighted by atomic mass is 10.1. The summed E-state index contributed by atoms with van der Waals surface area (Å²) in [5.74, 6) is -1.09. The third-order valence-corrected chi connectivity index (χ3v) is 2.18. The third kappa shape index (κ3) is 2.23. The molecule has 0 unspecified atom stereocenters. The molecule has 0 aromatic heterocycles. The molecule has 0 aromatic rings. The van der Waals surface area contributed by atoms with Gasteiger partial charge in [0.05, 0.1) is 0 Å². The lowest BCUT2D eigenvalue weighted by molar-refractivity contribution is -0.156. The van der Waals surface area contributed by atoms with Crippen molar-refractivity contribution in [2.75, 3.05) is 13.1 Å². The van der Waals surface area contributed by atoms with Crippen LogP contribution < -0.4 is 0 Å². The maximum Gasteiger partial charge on any atom is 0.324 e. The zero-order valence-corrected chi connectivity index (χ0v) is 8.78. The lowest BCUT2D eigenvalue weighted by Gasteiger charge is -2.37. The molecular formula is C9H16N2O3. The number of hydrogen-bond acceptors (Lipinski definition) is 3. The number of carbonyl (C=O) groups is 2. The van der Waals surface area contributed by atoms with Crippen LogP contribution in [0.4, 0.5) is 0 Å². The van der Waals surface area contributed by atoms with Crippen molar-refractivity contribution in [3.8, 4) is 0 Å². The first-order chi connectivity index (χ1) is 6.32. The number of carboxylic acids is 1. The van der Waals surface area contributed by atoms with Gasteiger partial charge in [0.15, 0.2) is 0 Å². The molecule has 0 aliphatic carbocycles. The molecule has 1 aliphatic heterocycles. The van der Waals surface area contributed by atoms with Gasteiger partial charge in [-0.2, -0.15) is 0 Å². The van der Waals surface area contributed by atoms with Crippen molar-refractivity contribution < 1.29 is 14.7 Å². The first kappa shape index (κ1) is 11.0. The van der Waals surface area contributed by atoms with Crippen molar-refractivity contribution in [3.05, 3.63) is 0 Å². The van der Waals surface area contributed by atoms with Crippen LogP contribution in [0.3, 0.4) is 0 Å². The van der Waals surface area contributed by atoms with E-state index >= 15 is 0 Å². The second kappa shape index (κ2) is 3.57. The Morgan fingerprint density at radius 3 is 2.50 bits per heavy atom.